The Morgan fingerprint density at radius 1 is 0.861 bits per heavy atom. The lowest BCUT2D eigenvalue weighted by molar-refractivity contribution is -0.659. The lowest BCUT2D eigenvalue weighted by Gasteiger charge is -2.28. The highest BCUT2D eigenvalue weighted by atomic mass is 28.3. The van der Waals surface area contributed by atoms with Gasteiger partial charge in [-0.25, -0.2) is 4.57 Å². The van der Waals surface area contributed by atoms with E-state index in [1.807, 2.05) is 0 Å². The van der Waals surface area contributed by atoms with Crippen LogP contribution in [-0.4, -0.2) is 8.07 Å². The lowest BCUT2D eigenvalue weighted by atomic mass is 9.81. The smallest absolute Gasteiger partial charge is 0.228 e. The van der Waals surface area contributed by atoms with E-state index in [1.54, 1.807) is 0 Å². The molecular formula is C33H36NOSi+. The van der Waals surface area contributed by atoms with Crippen LogP contribution >= 0.6 is 0 Å². The van der Waals surface area contributed by atoms with Crippen LogP contribution in [0.1, 0.15) is 31.9 Å². The zero-order chi connectivity index (χ0) is 25.6. The number of fused-ring (bicyclic) bond motifs is 5. The molecule has 0 spiro atoms. The maximum absolute atomic E-state index is 7.00. The number of hydrogen-bond donors (Lipinski definition) is 0. The third-order valence-electron chi connectivity index (χ3n) is 7.75. The van der Waals surface area contributed by atoms with Gasteiger partial charge in [0.15, 0.2) is 6.20 Å². The van der Waals surface area contributed by atoms with Gasteiger partial charge >= 0.3 is 0 Å². The predicted octanol–water partition coefficient (Wildman–Crippen LogP) is 8.19. The summed E-state index contributed by atoms with van der Waals surface area (Å²) >= 11 is 0. The molecule has 1 aromatic heterocycles. The summed E-state index contributed by atoms with van der Waals surface area (Å²) in [5, 5.41) is 9.18. The first kappa shape index (κ1) is 23.2. The number of hydrogen-bond acceptors (Lipinski definition) is 1. The summed E-state index contributed by atoms with van der Waals surface area (Å²) < 4.78 is 9.29. The van der Waals surface area contributed by atoms with Crippen molar-refractivity contribution in [2.45, 2.75) is 53.8 Å². The first-order valence-electron chi connectivity index (χ1n) is 13.1. The van der Waals surface area contributed by atoms with Gasteiger partial charge in [0.1, 0.15) is 18.5 Å². The Balaban J connectivity index is 1.76. The minimum absolute atomic E-state index is 0.138. The summed E-state index contributed by atoms with van der Waals surface area (Å²) in [4.78, 5) is 0. The zero-order valence-corrected chi connectivity index (χ0v) is 23.8. The third-order valence-corrected chi connectivity index (χ3v) is 9.80. The standard InChI is InChI=1S/C33H36NOSi/c1-20-23-11-9-10-12-25(23)27(19-33(2,3)4)32-29(20)31-30-26(15-16-34(31)5)24-14-13-22(36(6,7)8)17-21(24)18-28(30)35-32/h9-18H,19H2,1-8H3/q+1. The Bertz CT molecular complexity index is 1720. The molecule has 5 aromatic rings. The Kier molecular flexibility index (Phi) is 4.95. The van der Waals surface area contributed by atoms with Gasteiger partial charge in [0.05, 0.1) is 19.0 Å². The molecule has 2 heterocycles. The molecule has 0 amide bonds. The third kappa shape index (κ3) is 3.48. The van der Waals surface area contributed by atoms with Crippen LogP contribution in [0.25, 0.3) is 43.6 Å². The van der Waals surface area contributed by atoms with Crippen molar-refractivity contribution in [2.24, 2.45) is 12.5 Å². The van der Waals surface area contributed by atoms with E-state index in [4.69, 9.17) is 4.74 Å². The summed E-state index contributed by atoms with van der Waals surface area (Å²) in [7, 11) is 0.743. The fourth-order valence-electron chi connectivity index (χ4n) is 5.98. The number of aromatic nitrogens is 1. The summed E-state index contributed by atoms with van der Waals surface area (Å²) in [6.45, 7) is 16.5. The molecular weight excluding hydrogens is 454 g/mol. The number of pyridine rings is 1. The first-order valence-corrected chi connectivity index (χ1v) is 16.6. The van der Waals surface area contributed by atoms with E-state index in [9.17, 15) is 0 Å². The highest BCUT2D eigenvalue weighted by molar-refractivity contribution is 6.88. The van der Waals surface area contributed by atoms with E-state index in [1.165, 1.54) is 59.9 Å². The molecule has 0 aliphatic carbocycles. The first-order chi connectivity index (χ1) is 16.9. The highest BCUT2D eigenvalue weighted by Gasteiger charge is 2.34. The maximum atomic E-state index is 7.00. The number of benzene rings is 4. The molecule has 36 heavy (non-hydrogen) atoms. The molecule has 2 nitrogen and oxygen atoms in total. The van der Waals surface area contributed by atoms with Crippen molar-refractivity contribution in [3.63, 3.8) is 0 Å². The van der Waals surface area contributed by atoms with Gasteiger partial charge in [-0.05, 0) is 51.9 Å². The van der Waals surface area contributed by atoms with E-state index >= 15 is 0 Å². The van der Waals surface area contributed by atoms with Crippen LogP contribution in [-0.2, 0) is 13.5 Å². The number of ether oxygens (including phenoxy) is 1. The Morgan fingerprint density at radius 3 is 2.28 bits per heavy atom. The van der Waals surface area contributed by atoms with Crippen molar-refractivity contribution in [1.82, 2.24) is 0 Å². The molecule has 4 aromatic carbocycles. The molecule has 182 valence electrons. The topological polar surface area (TPSA) is 13.1 Å². The van der Waals surface area contributed by atoms with Crippen LogP contribution in [0.2, 0.25) is 19.6 Å². The quantitative estimate of drug-likeness (QED) is 0.135. The van der Waals surface area contributed by atoms with Gasteiger partial charge < -0.3 is 4.74 Å². The minimum atomic E-state index is -1.43. The largest absolute Gasteiger partial charge is 0.455 e. The Hall–Kier alpha value is -3.17. The number of rotatable bonds is 2. The van der Waals surface area contributed by atoms with Crippen molar-refractivity contribution in [3.05, 3.63) is 71.9 Å². The molecule has 1 aliphatic heterocycles. The van der Waals surface area contributed by atoms with Crippen LogP contribution in [0.15, 0.2) is 60.8 Å². The normalized spacial score (nSPS) is 13.3. The van der Waals surface area contributed by atoms with Gasteiger partial charge in [-0.3, -0.25) is 0 Å². The SMILES string of the molecule is Cc1c2c(c(CC(C)(C)C)c3ccccc13)Oc1cc3cc([Si](C)(C)C)ccc3c3cc[n+](C)c-2c13. The van der Waals surface area contributed by atoms with Gasteiger partial charge in [-0.1, -0.05) is 88.1 Å². The number of aryl methyl sites for hydroxylation is 2. The average Bonchev–Trinajstić information content (AvgIpc) is 2.81. The fourth-order valence-corrected chi connectivity index (χ4v) is 7.15. The van der Waals surface area contributed by atoms with Crippen LogP contribution < -0.4 is 14.5 Å². The van der Waals surface area contributed by atoms with Gasteiger partial charge in [0.25, 0.3) is 0 Å². The van der Waals surface area contributed by atoms with Gasteiger partial charge in [-0.2, -0.15) is 0 Å². The van der Waals surface area contributed by atoms with Crippen molar-refractivity contribution in [1.29, 1.82) is 0 Å². The van der Waals surface area contributed by atoms with E-state index in [0.29, 0.717) is 0 Å². The van der Waals surface area contributed by atoms with E-state index in [-0.39, 0.29) is 5.41 Å². The van der Waals surface area contributed by atoms with E-state index in [2.05, 4.69) is 120 Å². The van der Waals surface area contributed by atoms with Crippen LogP contribution in [0.5, 0.6) is 11.5 Å². The Morgan fingerprint density at radius 2 is 1.58 bits per heavy atom. The highest BCUT2D eigenvalue weighted by Crippen LogP contribution is 2.52. The molecule has 0 saturated carbocycles. The van der Waals surface area contributed by atoms with Crippen LogP contribution in [0.3, 0.4) is 0 Å². The van der Waals surface area contributed by atoms with E-state index < -0.39 is 8.07 Å². The average molecular weight is 491 g/mol. The maximum Gasteiger partial charge on any atom is 0.228 e. The molecule has 6 rings (SSSR count). The van der Waals surface area contributed by atoms with Crippen molar-refractivity contribution in [3.8, 4) is 22.8 Å². The van der Waals surface area contributed by atoms with Crippen molar-refractivity contribution >= 4 is 45.6 Å². The van der Waals surface area contributed by atoms with Crippen LogP contribution in [0.4, 0.5) is 0 Å². The molecule has 1 aliphatic rings. The second-order valence-corrected chi connectivity index (χ2v) is 17.9. The Labute approximate surface area is 215 Å². The monoisotopic (exact) mass is 490 g/mol. The van der Waals surface area contributed by atoms with Crippen LogP contribution in [0, 0.1) is 12.3 Å². The molecule has 0 radical (unpaired) electrons. The fraction of sp³-hybridized carbons (Fsp3) is 0.303. The van der Waals surface area contributed by atoms with Crippen molar-refractivity contribution in [2.75, 3.05) is 0 Å². The van der Waals surface area contributed by atoms with Gasteiger partial charge in [0, 0.05) is 17.0 Å². The van der Waals surface area contributed by atoms with E-state index in [0.717, 1.165) is 17.9 Å². The second-order valence-electron chi connectivity index (χ2n) is 12.8. The summed E-state index contributed by atoms with van der Waals surface area (Å²) in [5.41, 5.74) is 5.25. The molecule has 0 fully saturated rings. The number of nitrogens with zero attached hydrogens (tertiary/aromatic N) is 1. The van der Waals surface area contributed by atoms with Gasteiger partial charge in [0.2, 0.25) is 5.69 Å². The molecule has 0 N–H and O–H groups in total. The minimum Gasteiger partial charge on any atom is -0.455 e. The summed E-state index contributed by atoms with van der Waals surface area (Å²) in [6.07, 6.45) is 3.18. The molecule has 0 atom stereocenters. The predicted molar refractivity (Wildman–Crippen MR) is 157 cm³/mol. The lowest BCUT2D eigenvalue weighted by Crippen LogP contribution is -2.37. The molecule has 0 saturated heterocycles. The van der Waals surface area contributed by atoms with Crippen molar-refractivity contribution < 1.29 is 9.30 Å². The molecule has 0 unspecified atom stereocenters. The summed E-state index contributed by atoms with van der Waals surface area (Å²) in [5.74, 6) is 2.02. The zero-order valence-electron chi connectivity index (χ0n) is 22.8. The second kappa shape index (κ2) is 7.66. The molecule has 0 bridgehead atoms. The molecule has 3 heteroatoms. The summed E-state index contributed by atoms with van der Waals surface area (Å²) in [6, 6.07) is 20.5. The van der Waals surface area contributed by atoms with Gasteiger partial charge in [-0.15, -0.1) is 0 Å².